The lowest BCUT2D eigenvalue weighted by molar-refractivity contribution is -0.121. The van der Waals surface area contributed by atoms with E-state index in [9.17, 15) is 4.79 Å². The topological polar surface area (TPSA) is 32.3 Å². The van der Waals surface area contributed by atoms with Crippen LogP contribution >= 0.6 is 0 Å². The van der Waals surface area contributed by atoms with Gasteiger partial charge in [0.25, 0.3) is 0 Å². The van der Waals surface area contributed by atoms with Crippen LogP contribution in [0.15, 0.2) is 60.7 Å². The number of nitrogens with zero attached hydrogens (tertiary/aromatic N) is 1. The molecule has 2 rings (SSSR count). The van der Waals surface area contributed by atoms with Crippen molar-refractivity contribution >= 4 is 5.91 Å². The van der Waals surface area contributed by atoms with Gasteiger partial charge in [-0.25, -0.2) is 0 Å². The van der Waals surface area contributed by atoms with E-state index in [-0.39, 0.29) is 17.9 Å². The van der Waals surface area contributed by atoms with Gasteiger partial charge in [0.05, 0.1) is 6.04 Å². The van der Waals surface area contributed by atoms with Gasteiger partial charge in [-0.15, -0.1) is 0 Å². The largest absolute Gasteiger partial charge is 0.354 e. The predicted octanol–water partition coefficient (Wildman–Crippen LogP) is 3.60. The summed E-state index contributed by atoms with van der Waals surface area (Å²) in [6.45, 7) is 2.72. The molecule has 0 aromatic heterocycles. The van der Waals surface area contributed by atoms with E-state index in [0.717, 1.165) is 0 Å². The third kappa shape index (κ3) is 5.22. The van der Waals surface area contributed by atoms with Crippen LogP contribution in [0, 0.1) is 0 Å². The summed E-state index contributed by atoms with van der Waals surface area (Å²) in [6.07, 6.45) is 0.513. The van der Waals surface area contributed by atoms with Crippen LogP contribution in [0.1, 0.15) is 36.4 Å². The number of hydrogen-bond donors (Lipinski definition) is 1. The fraction of sp³-hybridized carbons (Fsp3) is 0.350. The molecule has 3 nitrogen and oxygen atoms in total. The molecule has 0 fully saturated rings. The number of amides is 1. The van der Waals surface area contributed by atoms with Crippen LogP contribution in [-0.2, 0) is 4.79 Å². The van der Waals surface area contributed by atoms with Crippen LogP contribution < -0.4 is 5.32 Å². The SMILES string of the molecule is CC(CC(=O)NCC(c1ccccc1)N(C)C)c1ccccc1. The lowest BCUT2D eigenvalue weighted by atomic mass is 9.97. The number of likely N-dealkylation sites (N-methyl/N-ethyl adjacent to an activating group) is 1. The van der Waals surface area contributed by atoms with Gasteiger partial charge < -0.3 is 10.2 Å². The second-order valence-electron chi connectivity index (χ2n) is 6.21. The van der Waals surface area contributed by atoms with Gasteiger partial charge in [0.15, 0.2) is 0 Å². The fourth-order valence-electron chi connectivity index (χ4n) is 2.73. The Balaban J connectivity index is 1.89. The molecular weight excluding hydrogens is 284 g/mol. The van der Waals surface area contributed by atoms with Crippen LogP contribution in [0.5, 0.6) is 0 Å². The quantitative estimate of drug-likeness (QED) is 0.847. The average molecular weight is 310 g/mol. The molecule has 3 heteroatoms. The van der Waals surface area contributed by atoms with E-state index in [0.29, 0.717) is 13.0 Å². The second kappa shape index (κ2) is 8.49. The third-order valence-electron chi connectivity index (χ3n) is 4.16. The summed E-state index contributed by atoms with van der Waals surface area (Å²) in [5.74, 6) is 0.329. The monoisotopic (exact) mass is 310 g/mol. The number of carbonyl (C=O) groups excluding carboxylic acids is 1. The van der Waals surface area contributed by atoms with Crippen molar-refractivity contribution in [2.45, 2.75) is 25.3 Å². The molecular formula is C20H26N2O. The highest BCUT2D eigenvalue weighted by Gasteiger charge is 2.16. The molecule has 0 aliphatic carbocycles. The van der Waals surface area contributed by atoms with Crippen molar-refractivity contribution in [1.29, 1.82) is 0 Å². The second-order valence-corrected chi connectivity index (χ2v) is 6.21. The first-order valence-electron chi connectivity index (χ1n) is 8.11. The van der Waals surface area contributed by atoms with Gasteiger partial charge in [-0.05, 0) is 31.1 Å². The Kier molecular flexibility index (Phi) is 6.36. The van der Waals surface area contributed by atoms with Gasteiger partial charge in [-0.3, -0.25) is 4.79 Å². The van der Waals surface area contributed by atoms with Gasteiger partial charge in [0.2, 0.25) is 5.91 Å². The summed E-state index contributed by atoms with van der Waals surface area (Å²) >= 11 is 0. The highest BCUT2D eigenvalue weighted by Crippen LogP contribution is 2.19. The maximum absolute atomic E-state index is 12.3. The molecule has 1 amide bonds. The smallest absolute Gasteiger partial charge is 0.220 e. The predicted molar refractivity (Wildman–Crippen MR) is 95.4 cm³/mol. The Hall–Kier alpha value is -2.13. The molecule has 2 atom stereocenters. The molecule has 0 bridgehead atoms. The lowest BCUT2D eigenvalue weighted by Gasteiger charge is -2.25. The lowest BCUT2D eigenvalue weighted by Crippen LogP contribution is -2.34. The first-order valence-corrected chi connectivity index (χ1v) is 8.11. The summed E-state index contributed by atoms with van der Waals surface area (Å²) < 4.78 is 0. The van der Waals surface area contributed by atoms with E-state index in [2.05, 4.69) is 41.4 Å². The summed E-state index contributed by atoms with van der Waals surface area (Å²) in [4.78, 5) is 14.4. The highest BCUT2D eigenvalue weighted by molar-refractivity contribution is 5.76. The summed E-state index contributed by atoms with van der Waals surface area (Å²) in [5, 5.41) is 3.08. The number of carbonyl (C=O) groups is 1. The summed E-state index contributed by atoms with van der Waals surface area (Å²) in [5.41, 5.74) is 2.42. The molecule has 0 saturated heterocycles. The zero-order chi connectivity index (χ0) is 16.7. The van der Waals surface area contributed by atoms with Crippen molar-refractivity contribution in [2.24, 2.45) is 0 Å². The van der Waals surface area contributed by atoms with E-state index < -0.39 is 0 Å². The molecule has 1 N–H and O–H groups in total. The molecule has 0 aliphatic heterocycles. The Bertz CT molecular complexity index is 596. The third-order valence-corrected chi connectivity index (χ3v) is 4.16. The molecule has 2 aromatic carbocycles. The molecule has 2 aromatic rings. The number of benzene rings is 2. The first kappa shape index (κ1) is 17.2. The standard InChI is InChI=1S/C20H26N2O/c1-16(17-10-6-4-7-11-17)14-20(23)21-15-19(22(2)3)18-12-8-5-9-13-18/h4-13,16,19H,14-15H2,1-3H3,(H,21,23). The van der Waals surface area contributed by atoms with E-state index in [4.69, 9.17) is 0 Å². The van der Waals surface area contributed by atoms with Gasteiger partial charge in [0, 0.05) is 13.0 Å². The van der Waals surface area contributed by atoms with E-state index in [1.54, 1.807) is 0 Å². The van der Waals surface area contributed by atoms with Crippen LogP contribution in [0.25, 0.3) is 0 Å². The molecule has 2 unspecified atom stereocenters. The van der Waals surface area contributed by atoms with Crippen LogP contribution in [0.3, 0.4) is 0 Å². The van der Waals surface area contributed by atoms with Crippen molar-refractivity contribution < 1.29 is 4.79 Å². The Labute approximate surface area is 139 Å². The summed E-state index contributed by atoms with van der Waals surface area (Å²) in [7, 11) is 4.08. The van der Waals surface area contributed by atoms with Gasteiger partial charge in [-0.1, -0.05) is 67.6 Å². The molecule has 0 radical (unpaired) electrons. The number of hydrogen-bond acceptors (Lipinski definition) is 2. The van der Waals surface area contributed by atoms with Crippen LogP contribution in [0.2, 0.25) is 0 Å². The fourth-order valence-corrected chi connectivity index (χ4v) is 2.73. The zero-order valence-electron chi connectivity index (χ0n) is 14.2. The number of nitrogens with one attached hydrogen (secondary N) is 1. The molecule has 0 spiro atoms. The van der Waals surface area contributed by atoms with Gasteiger partial charge >= 0.3 is 0 Å². The van der Waals surface area contributed by atoms with E-state index in [1.807, 2.05) is 50.5 Å². The maximum atomic E-state index is 12.3. The molecule has 122 valence electrons. The van der Waals surface area contributed by atoms with Crippen molar-refractivity contribution in [3.63, 3.8) is 0 Å². The maximum Gasteiger partial charge on any atom is 0.220 e. The first-order chi connectivity index (χ1) is 11.1. The van der Waals surface area contributed by atoms with E-state index in [1.165, 1.54) is 11.1 Å². The zero-order valence-corrected chi connectivity index (χ0v) is 14.2. The average Bonchev–Trinajstić information content (AvgIpc) is 2.56. The summed E-state index contributed by atoms with van der Waals surface area (Å²) in [6, 6.07) is 20.6. The normalized spacial score (nSPS) is 13.6. The Morgan fingerprint density at radius 3 is 2.00 bits per heavy atom. The minimum atomic E-state index is 0.101. The van der Waals surface area contributed by atoms with Crippen molar-refractivity contribution in [2.75, 3.05) is 20.6 Å². The van der Waals surface area contributed by atoms with Gasteiger partial charge in [-0.2, -0.15) is 0 Å². The minimum Gasteiger partial charge on any atom is -0.354 e. The molecule has 23 heavy (non-hydrogen) atoms. The highest BCUT2D eigenvalue weighted by atomic mass is 16.1. The van der Waals surface area contributed by atoms with Crippen molar-refractivity contribution in [3.05, 3.63) is 71.8 Å². The minimum absolute atomic E-state index is 0.101. The number of rotatable bonds is 7. The van der Waals surface area contributed by atoms with Crippen molar-refractivity contribution in [1.82, 2.24) is 10.2 Å². The Morgan fingerprint density at radius 1 is 0.957 bits per heavy atom. The Morgan fingerprint density at radius 2 is 1.48 bits per heavy atom. The molecule has 0 saturated carbocycles. The molecule has 0 heterocycles. The molecule has 0 aliphatic rings. The van der Waals surface area contributed by atoms with Crippen molar-refractivity contribution in [3.8, 4) is 0 Å². The van der Waals surface area contributed by atoms with E-state index >= 15 is 0 Å². The van der Waals surface area contributed by atoms with Crippen LogP contribution in [0.4, 0.5) is 0 Å². The van der Waals surface area contributed by atoms with Crippen LogP contribution in [-0.4, -0.2) is 31.4 Å². The van der Waals surface area contributed by atoms with Gasteiger partial charge in [0.1, 0.15) is 0 Å².